The van der Waals surface area contributed by atoms with Crippen LogP contribution >= 0.6 is 23.2 Å². The minimum atomic E-state index is -0.367. The fraction of sp³-hybridized carbons (Fsp3) is 0.176. The molecule has 3 rings (SSSR count). The number of nitrogens with zero attached hydrogens (tertiary/aromatic N) is 3. The highest BCUT2D eigenvalue weighted by molar-refractivity contribution is 6.32. The van der Waals surface area contributed by atoms with Crippen LogP contribution in [0.25, 0.3) is 11.4 Å². The van der Waals surface area contributed by atoms with Crippen LogP contribution in [0.3, 0.4) is 0 Å². The number of hydrogen-bond donors (Lipinski definition) is 1. The van der Waals surface area contributed by atoms with Gasteiger partial charge in [0, 0.05) is 16.8 Å². The van der Waals surface area contributed by atoms with Gasteiger partial charge >= 0.3 is 0 Å². The molecule has 7 nitrogen and oxygen atoms in total. The van der Waals surface area contributed by atoms with E-state index in [1.165, 1.54) is 12.3 Å². The maximum absolute atomic E-state index is 12.2. The molecule has 1 N–H and O–H groups in total. The van der Waals surface area contributed by atoms with Gasteiger partial charge in [-0.2, -0.15) is 4.98 Å². The summed E-state index contributed by atoms with van der Waals surface area (Å²) in [6.45, 7) is 2.33. The number of carbonyl (C=O) groups excluding carboxylic acids is 1. The SMILES string of the molecule is CCOc1ncc(C(=O)NCc2nc(-c3ccc(Cl)cc3)no2)cc1Cl. The van der Waals surface area contributed by atoms with Gasteiger partial charge in [-0.05, 0) is 37.3 Å². The summed E-state index contributed by atoms with van der Waals surface area (Å²) in [5.74, 6) is 0.605. The van der Waals surface area contributed by atoms with Gasteiger partial charge in [0.25, 0.3) is 5.91 Å². The smallest absolute Gasteiger partial charge is 0.253 e. The topological polar surface area (TPSA) is 90.1 Å². The third kappa shape index (κ3) is 4.30. The van der Waals surface area contributed by atoms with Gasteiger partial charge in [0.2, 0.25) is 17.6 Å². The van der Waals surface area contributed by atoms with Gasteiger partial charge in [0.15, 0.2) is 0 Å². The van der Waals surface area contributed by atoms with Gasteiger partial charge in [-0.25, -0.2) is 4.98 Å². The van der Waals surface area contributed by atoms with Crippen LogP contribution in [-0.4, -0.2) is 27.6 Å². The first-order chi connectivity index (χ1) is 12.6. The second kappa shape index (κ2) is 8.16. The molecule has 0 spiro atoms. The average molecular weight is 393 g/mol. The van der Waals surface area contributed by atoms with Crippen LogP contribution in [0.5, 0.6) is 5.88 Å². The van der Waals surface area contributed by atoms with Crippen molar-refractivity contribution in [3.63, 3.8) is 0 Å². The van der Waals surface area contributed by atoms with Crippen LogP contribution in [0.1, 0.15) is 23.2 Å². The molecular weight excluding hydrogens is 379 g/mol. The Kier molecular flexibility index (Phi) is 5.70. The summed E-state index contributed by atoms with van der Waals surface area (Å²) >= 11 is 11.9. The van der Waals surface area contributed by atoms with Crippen LogP contribution in [0.15, 0.2) is 41.1 Å². The zero-order valence-corrected chi connectivity index (χ0v) is 15.2. The van der Waals surface area contributed by atoms with Crippen molar-refractivity contribution in [1.29, 1.82) is 0 Å². The van der Waals surface area contributed by atoms with Crippen molar-refractivity contribution in [3.05, 3.63) is 58.0 Å². The van der Waals surface area contributed by atoms with Gasteiger partial charge in [-0.3, -0.25) is 4.79 Å². The van der Waals surface area contributed by atoms with E-state index in [2.05, 4.69) is 20.4 Å². The van der Waals surface area contributed by atoms with E-state index in [1.54, 1.807) is 24.3 Å². The number of halogens is 2. The van der Waals surface area contributed by atoms with Crippen molar-refractivity contribution in [2.75, 3.05) is 6.61 Å². The van der Waals surface area contributed by atoms with E-state index in [4.69, 9.17) is 32.5 Å². The van der Waals surface area contributed by atoms with Crippen LogP contribution in [-0.2, 0) is 6.54 Å². The quantitative estimate of drug-likeness (QED) is 0.686. The number of hydrogen-bond acceptors (Lipinski definition) is 6. The molecule has 0 aliphatic rings. The Morgan fingerprint density at radius 3 is 2.73 bits per heavy atom. The fourth-order valence-electron chi connectivity index (χ4n) is 2.09. The molecule has 0 fully saturated rings. The van der Waals surface area contributed by atoms with Gasteiger partial charge in [0.05, 0.1) is 18.7 Å². The Balaban J connectivity index is 1.63. The van der Waals surface area contributed by atoms with Gasteiger partial charge in [-0.1, -0.05) is 28.4 Å². The Morgan fingerprint density at radius 1 is 1.27 bits per heavy atom. The molecule has 2 aromatic heterocycles. The molecule has 1 amide bonds. The molecule has 0 saturated carbocycles. The van der Waals surface area contributed by atoms with E-state index in [-0.39, 0.29) is 29.2 Å². The Hall–Kier alpha value is -2.64. The first-order valence-electron chi connectivity index (χ1n) is 7.72. The predicted molar refractivity (Wildman–Crippen MR) is 96.3 cm³/mol. The maximum atomic E-state index is 12.2. The summed E-state index contributed by atoms with van der Waals surface area (Å²) < 4.78 is 10.4. The lowest BCUT2D eigenvalue weighted by Gasteiger charge is -2.06. The van der Waals surface area contributed by atoms with E-state index in [0.717, 1.165) is 5.56 Å². The zero-order chi connectivity index (χ0) is 18.5. The normalized spacial score (nSPS) is 10.6. The highest BCUT2D eigenvalue weighted by atomic mass is 35.5. The van der Waals surface area contributed by atoms with E-state index < -0.39 is 0 Å². The zero-order valence-electron chi connectivity index (χ0n) is 13.7. The van der Waals surface area contributed by atoms with Crippen molar-refractivity contribution in [2.45, 2.75) is 13.5 Å². The first-order valence-corrected chi connectivity index (χ1v) is 8.47. The third-order valence-electron chi connectivity index (χ3n) is 3.32. The fourth-order valence-corrected chi connectivity index (χ4v) is 2.44. The number of carbonyl (C=O) groups is 1. The number of pyridine rings is 1. The lowest BCUT2D eigenvalue weighted by molar-refractivity contribution is 0.0946. The molecule has 0 unspecified atom stereocenters. The minimum Gasteiger partial charge on any atom is -0.477 e. The molecule has 9 heteroatoms. The Morgan fingerprint density at radius 2 is 2.04 bits per heavy atom. The number of nitrogens with one attached hydrogen (secondary N) is 1. The highest BCUT2D eigenvalue weighted by Gasteiger charge is 2.13. The molecule has 0 aliphatic carbocycles. The second-order valence-electron chi connectivity index (χ2n) is 5.15. The molecule has 0 atom stereocenters. The summed E-state index contributed by atoms with van der Waals surface area (Å²) in [4.78, 5) is 20.5. The highest BCUT2D eigenvalue weighted by Crippen LogP contribution is 2.22. The minimum absolute atomic E-state index is 0.0737. The molecule has 0 saturated heterocycles. The molecule has 1 aromatic carbocycles. The average Bonchev–Trinajstić information content (AvgIpc) is 3.11. The molecule has 0 aliphatic heterocycles. The van der Waals surface area contributed by atoms with Crippen LogP contribution in [0.4, 0.5) is 0 Å². The van der Waals surface area contributed by atoms with Crippen molar-refractivity contribution >= 4 is 29.1 Å². The molecule has 134 valence electrons. The second-order valence-corrected chi connectivity index (χ2v) is 5.99. The molecule has 3 aromatic rings. The molecule has 0 radical (unpaired) electrons. The van der Waals surface area contributed by atoms with Gasteiger partial charge in [0.1, 0.15) is 5.02 Å². The summed E-state index contributed by atoms with van der Waals surface area (Å²) in [6, 6.07) is 8.52. The number of rotatable bonds is 6. The van der Waals surface area contributed by atoms with E-state index in [9.17, 15) is 4.79 Å². The van der Waals surface area contributed by atoms with Gasteiger partial charge in [-0.15, -0.1) is 0 Å². The largest absolute Gasteiger partial charge is 0.477 e. The van der Waals surface area contributed by atoms with Crippen molar-refractivity contribution in [1.82, 2.24) is 20.4 Å². The number of ether oxygens (including phenoxy) is 1. The Labute approximate surface area is 159 Å². The third-order valence-corrected chi connectivity index (χ3v) is 3.84. The van der Waals surface area contributed by atoms with Crippen molar-refractivity contribution < 1.29 is 14.1 Å². The Bertz CT molecular complexity index is 913. The van der Waals surface area contributed by atoms with E-state index in [1.807, 2.05) is 6.92 Å². The first kappa shape index (κ1) is 18.2. The van der Waals surface area contributed by atoms with Crippen LogP contribution in [0.2, 0.25) is 10.0 Å². The van der Waals surface area contributed by atoms with Crippen LogP contribution in [0, 0.1) is 0 Å². The number of amides is 1. The summed E-state index contributed by atoms with van der Waals surface area (Å²) in [5.41, 5.74) is 1.06. The standard InChI is InChI=1S/C17H14Cl2N4O3/c1-2-25-17-13(19)7-11(8-21-17)16(24)20-9-14-22-15(23-26-14)10-3-5-12(18)6-4-10/h3-8H,2,9H2,1H3,(H,20,24). The van der Waals surface area contributed by atoms with Gasteiger partial charge < -0.3 is 14.6 Å². The number of benzene rings is 1. The maximum Gasteiger partial charge on any atom is 0.253 e. The van der Waals surface area contributed by atoms with Crippen molar-refractivity contribution in [2.24, 2.45) is 0 Å². The van der Waals surface area contributed by atoms with E-state index >= 15 is 0 Å². The molecule has 0 bridgehead atoms. The number of aromatic nitrogens is 3. The molecule has 26 heavy (non-hydrogen) atoms. The van der Waals surface area contributed by atoms with Crippen LogP contribution < -0.4 is 10.1 Å². The lowest BCUT2D eigenvalue weighted by atomic mass is 10.2. The lowest BCUT2D eigenvalue weighted by Crippen LogP contribution is -2.23. The van der Waals surface area contributed by atoms with E-state index in [0.29, 0.717) is 23.0 Å². The molecular formula is C17H14Cl2N4O3. The predicted octanol–water partition coefficient (Wildman–Crippen LogP) is 3.77. The van der Waals surface area contributed by atoms with Crippen molar-refractivity contribution in [3.8, 4) is 17.3 Å². The molecule has 2 heterocycles. The monoisotopic (exact) mass is 392 g/mol. The summed E-state index contributed by atoms with van der Waals surface area (Å²) in [5, 5.41) is 7.44. The summed E-state index contributed by atoms with van der Waals surface area (Å²) in [7, 11) is 0. The summed E-state index contributed by atoms with van der Waals surface area (Å²) in [6.07, 6.45) is 1.39.